The van der Waals surface area contributed by atoms with Crippen molar-refractivity contribution in [3.05, 3.63) is 23.7 Å². The fraction of sp³-hybridized carbons (Fsp3) is 0.462. The lowest BCUT2D eigenvalue weighted by Crippen LogP contribution is -2.25. The Kier molecular flexibility index (Phi) is 2.84. The molecule has 0 aromatic carbocycles. The van der Waals surface area contributed by atoms with E-state index in [1.54, 1.807) is 19.2 Å². The molecule has 0 atom stereocenters. The minimum Gasteiger partial charge on any atom is -0.370 e. The van der Waals surface area contributed by atoms with E-state index in [2.05, 4.69) is 15.1 Å². The molecule has 1 aliphatic carbocycles. The molecule has 1 N–H and O–H groups in total. The third-order valence-electron chi connectivity index (χ3n) is 3.67. The smallest absolute Gasteiger partial charge is 0.274 e. The molecule has 0 saturated heterocycles. The van der Waals surface area contributed by atoms with Gasteiger partial charge < -0.3 is 14.2 Å². The molecule has 98 valence electrons. The number of methoxy groups -OCH3 is 1. The number of rotatable bonds is 3. The SMILES string of the molecule is COC1(c2noc(-c3ccc(C#N)[nH]3)n2)CCCC1. The van der Waals surface area contributed by atoms with E-state index >= 15 is 0 Å². The number of hydrogen-bond donors (Lipinski definition) is 1. The van der Waals surface area contributed by atoms with Gasteiger partial charge in [-0.3, -0.25) is 0 Å². The molecular formula is C13H14N4O2. The molecule has 0 unspecified atom stereocenters. The minimum absolute atomic E-state index is 0.389. The Balaban J connectivity index is 1.93. The van der Waals surface area contributed by atoms with Crippen molar-refractivity contribution in [2.24, 2.45) is 0 Å². The number of hydrogen-bond acceptors (Lipinski definition) is 5. The Labute approximate surface area is 110 Å². The monoisotopic (exact) mass is 258 g/mol. The normalized spacial score (nSPS) is 17.5. The number of nitrogens with zero attached hydrogens (tertiary/aromatic N) is 3. The molecule has 3 rings (SSSR count). The zero-order chi connectivity index (χ0) is 13.3. The molecule has 0 spiro atoms. The summed E-state index contributed by atoms with van der Waals surface area (Å²) in [6, 6.07) is 5.46. The Morgan fingerprint density at radius 1 is 1.42 bits per heavy atom. The van der Waals surface area contributed by atoms with Crippen molar-refractivity contribution in [3.8, 4) is 17.7 Å². The molecule has 19 heavy (non-hydrogen) atoms. The second kappa shape index (κ2) is 4.52. The molecule has 0 amide bonds. The average Bonchev–Trinajstić information content (AvgIpc) is 3.17. The predicted octanol–water partition coefficient (Wildman–Crippen LogP) is 2.35. The molecule has 6 nitrogen and oxygen atoms in total. The Morgan fingerprint density at radius 3 is 2.84 bits per heavy atom. The number of nitriles is 1. The van der Waals surface area contributed by atoms with E-state index < -0.39 is 5.60 Å². The first-order valence-electron chi connectivity index (χ1n) is 6.26. The third kappa shape index (κ3) is 1.92. The molecule has 2 aromatic heterocycles. The lowest BCUT2D eigenvalue weighted by molar-refractivity contribution is -0.0178. The van der Waals surface area contributed by atoms with Gasteiger partial charge in [-0.1, -0.05) is 5.16 Å². The van der Waals surface area contributed by atoms with Gasteiger partial charge in [0.15, 0.2) is 0 Å². The van der Waals surface area contributed by atoms with Crippen LogP contribution in [0, 0.1) is 11.3 Å². The quantitative estimate of drug-likeness (QED) is 0.912. The molecule has 1 saturated carbocycles. The largest absolute Gasteiger partial charge is 0.370 e. The molecule has 0 bridgehead atoms. The summed E-state index contributed by atoms with van der Waals surface area (Å²) in [4.78, 5) is 7.33. The maximum atomic E-state index is 8.79. The van der Waals surface area contributed by atoms with E-state index in [0.717, 1.165) is 25.7 Å². The van der Waals surface area contributed by atoms with E-state index in [9.17, 15) is 0 Å². The third-order valence-corrected chi connectivity index (χ3v) is 3.67. The molecule has 2 aromatic rings. The summed E-state index contributed by atoms with van der Waals surface area (Å²) in [7, 11) is 1.68. The Hall–Kier alpha value is -2.13. The van der Waals surface area contributed by atoms with Crippen LogP contribution < -0.4 is 0 Å². The molecule has 0 aliphatic heterocycles. The zero-order valence-electron chi connectivity index (χ0n) is 10.6. The summed E-state index contributed by atoms with van der Waals surface area (Å²) >= 11 is 0. The van der Waals surface area contributed by atoms with Crippen LogP contribution in [-0.4, -0.2) is 22.2 Å². The highest BCUT2D eigenvalue weighted by Crippen LogP contribution is 2.40. The molecular weight excluding hydrogens is 244 g/mol. The summed E-state index contributed by atoms with van der Waals surface area (Å²) in [5.41, 5.74) is 0.712. The number of H-pyrrole nitrogens is 1. The van der Waals surface area contributed by atoms with Gasteiger partial charge in [-0.05, 0) is 37.8 Å². The molecule has 2 heterocycles. The van der Waals surface area contributed by atoms with E-state index in [-0.39, 0.29) is 0 Å². The average molecular weight is 258 g/mol. The van der Waals surface area contributed by atoms with Crippen LogP contribution >= 0.6 is 0 Å². The van der Waals surface area contributed by atoms with Crippen molar-refractivity contribution in [3.63, 3.8) is 0 Å². The predicted molar refractivity (Wildman–Crippen MR) is 66.0 cm³/mol. The maximum absolute atomic E-state index is 8.79. The van der Waals surface area contributed by atoms with Gasteiger partial charge in [0, 0.05) is 7.11 Å². The summed E-state index contributed by atoms with van der Waals surface area (Å²) in [6.45, 7) is 0. The number of aromatic amines is 1. The molecule has 1 aliphatic rings. The fourth-order valence-electron chi connectivity index (χ4n) is 2.57. The van der Waals surface area contributed by atoms with Crippen LogP contribution in [0.25, 0.3) is 11.6 Å². The zero-order valence-corrected chi connectivity index (χ0v) is 10.6. The van der Waals surface area contributed by atoms with Crippen LogP contribution in [0.3, 0.4) is 0 Å². The van der Waals surface area contributed by atoms with Crippen LogP contribution in [0.1, 0.15) is 37.2 Å². The van der Waals surface area contributed by atoms with Crippen LogP contribution in [0.5, 0.6) is 0 Å². The molecule has 1 fully saturated rings. The van der Waals surface area contributed by atoms with Crippen LogP contribution in [0.4, 0.5) is 0 Å². The lowest BCUT2D eigenvalue weighted by Gasteiger charge is -2.22. The molecule has 6 heteroatoms. The van der Waals surface area contributed by atoms with Crippen molar-refractivity contribution in [2.45, 2.75) is 31.3 Å². The number of ether oxygens (including phenoxy) is 1. The molecule has 0 radical (unpaired) electrons. The fourth-order valence-corrected chi connectivity index (χ4v) is 2.57. The number of nitrogens with one attached hydrogen (secondary N) is 1. The van der Waals surface area contributed by atoms with Crippen molar-refractivity contribution < 1.29 is 9.26 Å². The summed E-state index contributed by atoms with van der Waals surface area (Å²) in [5.74, 6) is 0.982. The van der Waals surface area contributed by atoms with Crippen LogP contribution in [0.15, 0.2) is 16.7 Å². The van der Waals surface area contributed by atoms with E-state index in [4.69, 9.17) is 14.5 Å². The van der Waals surface area contributed by atoms with E-state index in [0.29, 0.717) is 23.1 Å². The first-order chi connectivity index (χ1) is 9.27. The van der Waals surface area contributed by atoms with Gasteiger partial charge in [-0.25, -0.2) is 0 Å². The maximum Gasteiger partial charge on any atom is 0.274 e. The Bertz CT molecular complexity index is 617. The van der Waals surface area contributed by atoms with Crippen LogP contribution in [-0.2, 0) is 10.3 Å². The highest BCUT2D eigenvalue weighted by molar-refractivity contribution is 5.49. The van der Waals surface area contributed by atoms with E-state index in [1.807, 2.05) is 6.07 Å². The topological polar surface area (TPSA) is 87.7 Å². The summed E-state index contributed by atoms with van der Waals surface area (Å²) in [5, 5.41) is 12.8. The highest BCUT2D eigenvalue weighted by atomic mass is 16.5. The van der Waals surface area contributed by atoms with Crippen LogP contribution in [0.2, 0.25) is 0 Å². The highest BCUT2D eigenvalue weighted by Gasteiger charge is 2.40. The Morgan fingerprint density at radius 2 is 2.21 bits per heavy atom. The van der Waals surface area contributed by atoms with Crippen molar-refractivity contribution >= 4 is 0 Å². The van der Waals surface area contributed by atoms with Gasteiger partial charge in [0.05, 0.1) is 0 Å². The van der Waals surface area contributed by atoms with Gasteiger partial charge in [-0.15, -0.1) is 0 Å². The van der Waals surface area contributed by atoms with Gasteiger partial charge in [-0.2, -0.15) is 10.2 Å². The van der Waals surface area contributed by atoms with Crippen molar-refractivity contribution in [1.82, 2.24) is 15.1 Å². The van der Waals surface area contributed by atoms with Crippen molar-refractivity contribution in [1.29, 1.82) is 5.26 Å². The first kappa shape index (κ1) is 11.9. The van der Waals surface area contributed by atoms with Gasteiger partial charge in [0.1, 0.15) is 23.1 Å². The first-order valence-corrected chi connectivity index (χ1v) is 6.26. The van der Waals surface area contributed by atoms with Gasteiger partial charge in [0.25, 0.3) is 5.89 Å². The number of aromatic nitrogens is 3. The van der Waals surface area contributed by atoms with Gasteiger partial charge >= 0.3 is 0 Å². The van der Waals surface area contributed by atoms with E-state index in [1.165, 1.54) is 0 Å². The standard InChI is InChI=1S/C13H14N4O2/c1-18-13(6-2-3-7-13)12-16-11(19-17-12)10-5-4-9(8-14)15-10/h4-5,15H,2-3,6-7H2,1H3. The minimum atomic E-state index is -0.410. The second-order valence-electron chi connectivity index (χ2n) is 4.73. The summed E-state index contributed by atoms with van der Waals surface area (Å²) in [6.07, 6.45) is 4.05. The summed E-state index contributed by atoms with van der Waals surface area (Å²) < 4.78 is 10.9. The second-order valence-corrected chi connectivity index (χ2v) is 4.73. The van der Waals surface area contributed by atoms with Crippen molar-refractivity contribution in [2.75, 3.05) is 7.11 Å². The van der Waals surface area contributed by atoms with Gasteiger partial charge in [0.2, 0.25) is 5.82 Å². The lowest BCUT2D eigenvalue weighted by atomic mass is 10.0.